The number of carbonyl (C=O) groups excluding carboxylic acids is 2. The molecule has 2 aromatic carbocycles. The maximum Gasteiger partial charge on any atom is 0.321 e. The summed E-state index contributed by atoms with van der Waals surface area (Å²) in [6.07, 6.45) is 0. The SMILES string of the molecule is CC(Nc1ccc(Oc2ccccc2)cc1)C(=O)NC(=O)NC(C)(C)C. The first-order valence-corrected chi connectivity index (χ1v) is 8.45. The molecule has 6 heteroatoms. The summed E-state index contributed by atoms with van der Waals surface area (Å²) in [5, 5.41) is 8.06. The molecule has 0 aliphatic rings. The van der Waals surface area contributed by atoms with Crippen LogP contribution in [0.3, 0.4) is 0 Å². The Kier molecular flexibility index (Phi) is 6.22. The number of nitrogens with one attached hydrogen (secondary N) is 3. The van der Waals surface area contributed by atoms with Crippen LogP contribution in [0.25, 0.3) is 0 Å². The van der Waals surface area contributed by atoms with Gasteiger partial charge in [-0.1, -0.05) is 18.2 Å². The average Bonchev–Trinajstić information content (AvgIpc) is 2.55. The van der Waals surface area contributed by atoms with Crippen molar-refractivity contribution in [3.8, 4) is 11.5 Å². The Morgan fingerprint density at radius 3 is 2.08 bits per heavy atom. The highest BCUT2D eigenvalue weighted by molar-refractivity contribution is 5.98. The lowest BCUT2D eigenvalue weighted by atomic mass is 10.1. The van der Waals surface area contributed by atoms with E-state index in [0.29, 0.717) is 5.75 Å². The van der Waals surface area contributed by atoms with Crippen molar-refractivity contribution in [3.63, 3.8) is 0 Å². The van der Waals surface area contributed by atoms with Gasteiger partial charge in [-0.05, 0) is 64.1 Å². The van der Waals surface area contributed by atoms with Crippen LogP contribution in [0, 0.1) is 0 Å². The van der Waals surface area contributed by atoms with Gasteiger partial charge in [-0.15, -0.1) is 0 Å². The zero-order valence-electron chi connectivity index (χ0n) is 15.5. The minimum absolute atomic E-state index is 0.406. The number of anilines is 1. The van der Waals surface area contributed by atoms with Gasteiger partial charge in [-0.3, -0.25) is 10.1 Å². The van der Waals surface area contributed by atoms with E-state index in [1.807, 2.05) is 75.4 Å². The number of rotatable bonds is 5. The maximum atomic E-state index is 12.1. The highest BCUT2D eigenvalue weighted by Crippen LogP contribution is 2.22. The molecule has 0 aliphatic heterocycles. The topological polar surface area (TPSA) is 79.5 Å². The molecule has 26 heavy (non-hydrogen) atoms. The fourth-order valence-electron chi connectivity index (χ4n) is 2.15. The second-order valence-corrected chi connectivity index (χ2v) is 7.00. The van der Waals surface area contributed by atoms with Crippen molar-refractivity contribution in [1.29, 1.82) is 0 Å². The zero-order valence-corrected chi connectivity index (χ0v) is 15.5. The minimum Gasteiger partial charge on any atom is -0.457 e. The Labute approximate surface area is 153 Å². The molecule has 0 spiro atoms. The van der Waals surface area contributed by atoms with Gasteiger partial charge in [0.1, 0.15) is 17.5 Å². The first-order chi connectivity index (χ1) is 12.2. The predicted molar refractivity (Wildman–Crippen MR) is 102 cm³/mol. The monoisotopic (exact) mass is 355 g/mol. The molecule has 6 nitrogen and oxygen atoms in total. The van der Waals surface area contributed by atoms with Crippen molar-refractivity contribution >= 4 is 17.6 Å². The van der Waals surface area contributed by atoms with E-state index < -0.39 is 23.5 Å². The smallest absolute Gasteiger partial charge is 0.321 e. The Morgan fingerprint density at radius 2 is 1.50 bits per heavy atom. The third-order valence-electron chi connectivity index (χ3n) is 3.33. The van der Waals surface area contributed by atoms with Crippen LogP contribution in [0.1, 0.15) is 27.7 Å². The molecule has 0 saturated carbocycles. The Morgan fingerprint density at radius 1 is 0.923 bits per heavy atom. The van der Waals surface area contributed by atoms with Crippen molar-refractivity contribution in [2.45, 2.75) is 39.3 Å². The van der Waals surface area contributed by atoms with E-state index in [0.717, 1.165) is 11.4 Å². The highest BCUT2D eigenvalue weighted by Gasteiger charge is 2.19. The van der Waals surface area contributed by atoms with Crippen molar-refractivity contribution in [2.75, 3.05) is 5.32 Å². The molecule has 0 heterocycles. The normalized spacial score (nSPS) is 12.0. The quantitative estimate of drug-likeness (QED) is 0.760. The number of hydrogen-bond acceptors (Lipinski definition) is 4. The van der Waals surface area contributed by atoms with Gasteiger partial charge in [0, 0.05) is 11.2 Å². The van der Waals surface area contributed by atoms with Gasteiger partial charge in [0.2, 0.25) is 5.91 Å². The van der Waals surface area contributed by atoms with Crippen molar-refractivity contribution < 1.29 is 14.3 Å². The number of amides is 3. The Bertz CT molecular complexity index is 737. The van der Waals surface area contributed by atoms with E-state index in [1.54, 1.807) is 6.92 Å². The molecule has 1 atom stereocenters. The summed E-state index contributed by atoms with van der Waals surface area (Å²) in [6.45, 7) is 7.22. The number of para-hydroxylation sites is 1. The number of carbonyl (C=O) groups is 2. The van der Waals surface area contributed by atoms with Gasteiger partial charge < -0.3 is 15.4 Å². The standard InChI is InChI=1S/C20H25N3O3/c1-14(18(24)22-19(25)23-20(2,3)4)21-15-10-12-17(13-11-15)26-16-8-6-5-7-9-16/h5-14,21H,1-4H3,(H2,22,23,24,25). The van der Waals surface area contributed by atoms with Crippen LogP contribution < -0.4 is 20.7 Å². The molecular weight excluding hydrogens is 330 g/mol. The average molecular weight is 355 g/mol. The largest absolute Gasteiger partial charge is 0.457 e. The molecule has 0 fully saturated rings. The molecule has 3 amide bonds. The fourth-order valence-corrected chi connectivity index (χ4v) is 2.15. The van der Waals surface area contributed by atoms with Crippen LogP contribution in [0.4, 0.5) is 10.5 Å². The molecule has 138 valence electrons. The van der Waals surface area contributed by atoms with Gasteiger partial charge in [0.25, 0.3) is 0 Å². The molecule has 3 N–H and O–H groups in total. The number of benzene rings is 2. The van der Waals surface area contributed by atoms with Gasteiger partial charge in [-0.25, -0.2) is 4.79 Å². The minimum atomic E-state index is -0.568. The molecular formula is C20H25N3O3. The Hall–Kier alpha value is -3.02. The second-order valence-electron chi connectivity index (χ2n) is 7.00. The molecule has 1 unspecified atom stereocenters. The van der Waals surface area contributed by atoms with Gasteiger partial charge in [0.15, 0.2) is 0 Å². The summed E-state index contributed by atoms with van der Waals surface area (Å²) in [5.41, 5.74) is 0.347. The number of urea groups is 1. The van der Waals surface area contributed by atoms with Crippen LogP contribution in [0.15, 0.2) is 54.6 Å². The number of hydrogen-bond donors (Lipinski definition) is 3. The number of ether oxygens (including phenoxy) is 1. The van der Waals surface area contributed by atoms with Crippen LogP contribution in [0.5, 0.6) is 11.5 Å². The summed E-state index contributed by atoms with van der Waals surface area (Å²) in [5.74, 6) is 1.05. The molecule has 0 saturated heterocycles. The second kappa shape index (κ2) is 8.38. The summed E-state index contributed by atoms with van der Waals surface area (Å²) >= 11 is 0. The molecule has 0 aromatic heterocycles. The zero-order chi connectivity index (χ0) is 19.2. The summed E-state index contributed by atoms with van der Waals surface area (Å²) in [4.78, 5) is 23.8. The summed E-state index contributed by atoms with van der Waals surface area (Å²) in [6, 6.07) is 15.7. The molecule has 0 aliphatic carbocycles. The Balaban J connectivity index is 1.87. The van der Waals surface area contributed by atoms with Crippen LogP contribution in [-0.2, 0) is 4.79 Å². The van der Waals surface area contributed by atoms with Crippen molar-refractivity contribution in [1.82, 2.24) is 10.6 Å². The van der Waals surface area contributed by atoms with E-state index in [4.69, 9.17) is 4.74 Å². The molecule has 2 aromatic rings. The first kappa shape index (κ1) is 19.3. The summed E-state index contributed by atoms with van der Waals surface area (Å²) in [7, 11) is 0. The van der Waals surface area contributed by atoms with Crippen molar-refractivity contribution in [3.05, 3.63) is 54.6 Å². The lowest BCUT2D eigenvalue weighted by Crippen LogP contribution is -2.51. The third kappa shape index (κ3) is 6.47. The summed E-state index contributed by atoms with van der Waals surface area (Å²) < 4.78 is 5.72. The highest BCUT2D eigenvalue weighted by atomic mass is 16.5. The lowest BCUT2D eigenvalue weighted by Gasteiger charge is -2.21. The first-order valence-electron chi connectivity index (χ1n) is 8.45. The van der Waals surface area contributed by atoms with E-state index in [9.17, 15) is 9.59 Å². The molecule has 0 bridgehead atoms. The van der Waals surface area contributed by atoms with Gasteiger partial charge in [0.05, 0.1) is 0 Å². The molecule has 2 rings (SSSR count). The predicted octanol–water partition coefficient (Wildman–Crippen LogP) is 3.90. The fraction of sp³-hybridized carbons (Fsp3) is 0.300. The lowest BCUT2D eigenvalue weighted by molar-refractivity contribution is -0.120. The van der Waals surface area contributed by atoms with Gasteiger partial charge >= 0.3 is 6.03 Å². The van der Waals surface area contributed by atoms with E-state index in [-0.39, 0.29) is 0 Å². The van der Waals surface area contributed by atoms with Gasteiger partial charge in [-0.2, -0.15) is 0 Å². The van der Waals surface area contributed by atoms with Crippen LogP contribution in [0.2, 0.25) is 0 Å². The van der Waals surface area contributed by atoms with Crippen LogP contribution in [-0.4, -0.2) is 23.5 Å². The third-order valence-corrected chi connectivity index (χ3v) is 3.33. The number of imide groups is 1. The molecule has 0 radical (unpaired) electrons. The maximum absolute atomic E-state index is 12.1. The van der Waals surface area contributed by atoms with E-state index in [1.165, 1.54) is 0 Å². The van der Waals surface area contributed by atoms with E-state index >= 15 is 0 Å². The van der Waals surface area contributed by atoms with E-state index in [2.05, 4.69) is 16.0 Å². The van der Waals surface area contributed by atoms with Crippen molar-refractivity contribution in [2.24, 2.45) is 0 Å². The van der Waals surface area contributed by atoms with Crippen LogP contribution >= 0.6 is 0 Å².